The third-order valence-corrected chi connectivity index (χ3v) is 4.26. The maximum Gasteiger partial charge on any atom is 0.335 e. The molecule has 0 spiro atoms. The van der Waals surface area contributed by atoms with Crippen molar-refractivity contribution >= 4 is 21.7 Å². The Bertz CT molecular complexity index is 601. The SMILES string of the molecule is CCNS(=O)(=O)c1cc(C(=O)O)ccc1NC(C)COC. The Morgan fingerprint density at radius 3 is 2.62 bits per heavy atom. The van der Waals surface area contributed by atoms with Gasteiger partial charge in [-0.1, -0.05) is 6.92 Å². The van der Waals surface area contributed by atoms with Crippen LogP contribution in [0.1, 0.15) is 24.2 Å². The first-order chi connectivity index (χ1) is 9.81. The molecule has 0 aliphatic rings. The van der Waals surface area contributed by atoms with Gasteiger partial charge >= 0.3 is 5.97 Å². The number of benzene rings is 1. The van der Waals surface area contributed by atoms with E-state index in [9.17, 15) is 13.2 Å². The van der Waals surface area contributed by atoms with E-state index in [1.54, 1.807) is 14.0 Å². The molecule has 118 valence electrons. The van der Waals surface area contributed by atoms with Gasteiger partial charge in [0.25, 0.3) is 0 Å². The molecule has 0 heterocycles. The smallest absolute Gasteiger partial charge is 0.335 e. The predicted molar refractivity (Wildman–Crippen MR) is 79.2 cm³/mol. The van der Waals surface area contributed by atoms with Crippen molar-refractivity contribution < 1.29 is 23.1 Å². The summed E-state index contributed by atoms with van der Waals surface area (Å²) >= 11 is 0. The van der Waals surface area contributed by atoms with E-state index in [-0.39, 0.29) is 23.0 Å². The number of nitrogens with one attached hydrogen (secondary N) is 2. The molecule has 0 radical (unpaired) electrons. The Hall–Kier alpha value is -1.64. The van der Waals surface area contributed by atoms with E-state index in [0.717, 1.165) is 6.07 Å². The highest BCUT2D eigenvalue weighted by atomic mass is 32.2. The Balaban J connectivity index is 3.27. The molecule has 0 amide bonds. The molecule has 0 saturated carbocycles. The molecule has 0 aromatic heterocycles. The minimum atomic E-state index is -3.77. The second-order valence-corrected chi connectivity index (χ2v) is 6.25. The minimum absolute atomic E-state index is 0.0866. The maximum absolute atomic E-state index is 12.2. The molecule has 1 aromatic carbocycles. The number of rotatable bonds is 8. The zero-order chi connectivity index (χ0) is 16.0. The van der Waals surface area contributed by atoms with E-state index in [1.807, 2.05) is 6.92 Å². The van der Waals surface area contributed by atoms with E-state index in [4.69, 9.17) is 9.84 Å². The van der Waals surface area contributed by atoms with Gasteiger partial charge in [0, 0.05) is 19.7 Å². The second kappa shape index (κ2) is 7.39. The molecular weight excluding hydrogens is 296 g/mol. The minimum Gasteiger partial charge on any atom is -0.478 e. The van der Waals surface area contributed by atoms with E-state index in [0.29, 0.717) is 12.3 Å². The van der Waals surface area contributed by atoms with Gasteiger partial charge in [-0.25, -0.2) is 17.9 Å². The van der Waals surface area contributed by atoms with E-state index < -0.39 is 16.0 Å². The van der Waals surface area contributed by atoms with Crippen LogP contribution in [-0.2, 0) is 14.8 Å². The van der Waals surface area contributed by atoms with Crippen molar-refractivity contribution in [2.75, 3.05) is 25.6 Å². The number of hydrogen-bond donors (Lipinski definition) is 3. The van der Waals surface area contributed by atoms with Gasteiger partial charge in [0.15, 0.2) is 0 Å². The second-order valence-electron chi connectivity index (χ2n) is 4.52. The predicted octanol–water partition coefficient (Wildman–Crippen LogP) is 1.13. The van der Waals surface area contributed by atoms with Gasteiger partial charge in [-0.2, -0.15) is 0 Å². The van der Waals surface area contributed by atoms with Gasteiger partial charge in [0.1, 0.15) is 4.90 Å². The molecule has 0 bridgehead atoms. The van der Waals surface area contributed by atoms with Crippen LogP contribution in [0.2, 0.25) is 0 Å². The first-order valence-corrected chi connectivity index (χ1v) is 7.92. The average molecular weight is 316 g/mol. The first-order valence-electron chi connectivity index (χ1n) is 6.44. The summed E-state index contributed by atoms with van der Waals surface area (Å²) in [5, 5.41) is 12.0. The molecule has 21 heavy (non-hydrogen) atoms. The van der Waals surface area contributed by atoms with Crippen LogP contribution in [0.4, 0.5) is 5.69 Å². The Kier molecular flexibility index (Phi) is 6.13. The fraction of sp³-hybridized carbons (Fsp3) is 0.462. The summed E-state index contributed by atoms with van der Waals surface area (Å²) in [4.78, 5) is 10.9. The molecule has 0 aliphatic carbocycles. The first kappa shape index (κ1) is 17.4. The van der Waals surface area contributed by atoms with Crippen LogP contribution in [0.3, 0.4) is 0 Å². The van der Waals surface area contributed by atoms with Gasteiger partial charge in [-0.3, -0.25) is 0 Å². The molecule has 1 atom stereocenters. The number of carboxylic acid groups (broad SMARTS) is 1. The highest BCUT2D eigenvalue weighted by Crippen LogP contribution is 2.23. The number of aromatic carboxylic acids is 1. The summed E-state index contributed by atoms with van der Waals surface area (Å²) < 4.78 is 31.7. The molecule has 0 saturated heterocycles. The highest BCUT2D eigenvalue weighted by Gasteiger charge is 2.20. The number of carbonyl (C=O) groups is 1. The summed E-state index contributed by atoms with van der Waals surface area (Å²) in [7, 11) is -2.23. The zero-order valence-corrected chi connectivity index (χ0v) is 13.0. The van der Waals surface area contributed by atoms with Gasteiger partial charge < -0.3 is 15.2 Å². The number of sulfonamides is 1. The third kappa shape index (κ3) is 4.69. The molecule has 1 unspecified atom stereocenters. The molecule has 7 nitrogen and oxygen atoms in total. The number of methoxy groups -OCH3 is 1. The summed E-state index contributed by atoms with van der Waals surface area (Å²) in [6.07, 6.45) is 0. The zero-order valence-electron chi connectivity index (χ0n) is 12.2. The van der Waals surface area contributed by atoms with Crippen molar-refractivity contribution in [3.05, 3.63) is 23.8 Å². The lowest BCUT2D eigenvalue weighted by atomic mass is 10.2. The van der Waals surface area contributed by atoms with Crippen molar-refractivity contribution in [3.8, 4) is 0 Å². The lowest BCUT2D eigenvalue weighted by molar-refractivity contribution is 0.0696. The van der Waals surface area contributed by atoms with Crippen LogP contribution in [0, 0.1) is 0 Å². The largest absolute Gasteiger partial charge is 0.478 e. The fourth-order valence-corrected chi connectivity index (χ4v) is 3.06. The lowest BCUT2D eigenvalue weighted by Crippen LogP contribution is -2.27. The van der Waals surface area contributed by atoms with Crippen LogP contribution >= 0.6 is 0 Å². The molecule has 0 fully saturated rings. The summed E-state index contributed by atoms with van der Waals surface area (Å²) in [5.41, 5.74) is 0.252. The Morgan fingerprint density at radius 2 is 2.10 bits per heavy atom. The number of ether oxygens (including phenoxy) is 1. The van der Waals surface area contributed by atoms with Crippen LogP contribution in [-0.4, -0.2) is 45.8 Å². The Morgan fingerprint density at radius 1 is 1.43 bits per heavy atom. The highest BCUT2D eigenvalue weighted by molar-refractivity contribution is 7.89. The number of anilines is 1. The maximum atomic E-state index is 12.2. The van der Waals surface area contributed by atoms with Crippen molar-refractivity contribution in [2.45, 2.75) is 24.8 Å². The van der Waals surface area contributed by atoms with Crippen LogP contribution in [0.25, 0.3) is 0 Å². The Labute approximate surface area is 124 Å². The number of hydrogen-bond acceptors (Lipinski definition) is 5. The van der Waals surface area contributed by atoms with Crippen molar-refractivity contribution in [1.82, 2.24) is 4.72 Å². The van der Waals surface area contributed by atoms with Gasteiger partial charge in [0.05, 0.1) is 17.9 Å². The molecule has 0 aliphatic heterocycles. The van der Waals surface area contributed by atoms with Gasteiger partial charge in [0.2, 0.25) is 10.0 Å². The van der Waals surface area contributed by atoms with E-state index >= 15 is 0 Å². The molecule has 1 rings (SSSR count). The van der Waals surface area contributed by atoms with E-state index in [2.05, 4.69) is 10.0 Å². The topological polar surface area (TPSA) is 105 Å². The molecule has 3 N–H and O–H groups in total. The molecule has 8 heteroatoms. The standard InChI is InChI=1S/C13H20N2O5S/c1-4-14-21(18,19)12-7-10(13(16)17)5-6-11(12)15-9(2)8-20-3/h5-7,9,14-15H,4,8H2,1-3H3,(H,16,17). The van der Waals surface area contributed by atoms with E-state index in [1.165, 1.54) is 12.1 Å². The quantitative estimate of drug-likeness (QED) is 0.664. The van der Waals surface area contributed by atoms with Crippen molar-refractivity contribution in [3.63, 3.8) is 0 Å². The van der Waals surface area contributed by atoms with Gasteiger partial charge in [-0.15, -0.1) is 0 Å². The third-order valence-electron chi connectivity index (χ3n) is 2.67. The van der Waals surface area contributed by atoms with Crippen LogP contribution < -0.4 is 10.0 Å². The summed E-state index contributed by atoms with van der Waals surface area (Å²) in [6.45, 7) is 4.09. The lowest BCUT2D eigenvalue weighted by Gasteiger charge is -2.18. The monoisotopic (exact) mass is 316 g/mol. The van der Waals surface area contributed by atoms with Crippen LogP contribution in [0.15, 0.2) is 23.1 Å². The fourth-order valence-electron chi connectivity index (χ4n) is 1.82. The molecular formula is C13H20N2O5S. The van der Waals surface area contributed by atoms with Gasteiger partial charge in [-0.05, 0) is 25.1 Å². The van der Waals surface area contributed by atoms with Crippen LogP contribution in [0.5, 0.6) is 0 Å². The summed E-state index contributed by atoms with van der Waals surface area (Å²) in [6, 6.07) is 3.82. The normalized spacial score (nSPS) is 12.9. The summed E-state index contributed by atoms with van der Waals surface area (Å²) in [5.74, 6) is -1.18. The molecule has 1 aromatic rings. The average Bonchev–Trinajstić information content (AvgIpc) is 2.38. The van der Waals surface area contributed by atoms with Crippen molar-refractivity contribution in [1.29, 1.82) is 0 Å². The van der Waals surface area contributed by atoms with Crippen molar-refractivity contribution in [2.24, 2.45) is 0 Å². The number of carboxylic acids is 1.